The maximum Gasteiger partial charge on any atom is 0.242 e. The van der Waals surface area contributed by atoms with Crippen molar-refractivity contribution in [3.63, 3.8) is 0 Å². The molecule has 0 radical (unpaired) electrons. The third-order valence-corrected chi connectivity index (χ3v) is 1.80. The molecule has 1 heterocycles. The van der Waals surface area contributed by atoms with Crippen molar-refractivity contribution < 1.29 is 9.18 Å². The molecule has 1 aromatic heterocycles. The topological polar surface area (TPSA) is 42.3 Å². The Morgan fingerprint density at radius 2 is 2.14 bits per heavy atom. The maximum absolute atomic E-state index is 12.8. The molecule has 0 saturated heterocycles. The van der Waals surface area contributed by atoms with Crippen molar-refractivity contribution in [3.8, 4) is 0 Å². The molecule has 0 aliphatic heterocycles. The van der Waals surface area contributed by atoms with Gasteiger partial charge in [0.1, 0.15) is 5.82 Å². The molecule has 0 unspecified atom stereocenters. The number of hydrogen-bond donors (Lipinski definition) is 0. The minimum Gasteiger partial charge on any atom is -0.228 e. The molecule has 0 N–H and O–H groups in total. The fourth-order valence-corrected chi connectivity index (χ4v) is 1.19. The first-order chi connectivity index (χ1) is 6.79. The van der Waals surface area contributed by atoms with Crippen LogP contribution in [0.25, 0.3) is 10.9 Å². The molecule has 14 heavy (non-hydrogen) atoms. The lowest BCUT2D eigenvalue weighted by Crippen LogP contribution is -1.80. The van der Waals surface area contributed by atoms with E-state index in [1.54, 1.807) is 6.07 Å². The largest absolute Gasteiger partial charge is 0.242 e. The Balaban J connectivity index is 2.67. The number of fused-ring (bicyclic) bond motifs is 1. The van der Waals surface area contributed by atoms with Crippen molar-refractivity contribution in [2.75, 3.05) is 0 Å². The summed E-state index contributed by atoms with van der Waals surface area (Å²) in [5, 5.41) is 0.676. The molecule has 1 aromatic carbocycles. The van der Waals surface area contributed by atoms with Crippen molar-refractivity contribution in [2.24, 2.45) is 4.99 Å². The summed E-state index contributed by atoms with van der Waals surface area (Å²) in [6.45, 7) is 0. The van der Waals surface area contributed by atoms with E-state index in [4.69, 9.17) is 0 Å². The van der Waals surface area contributed by atoms with Gasteiger partial charge in [-0.25, -0.2) is 14.2 Å². The summed E-state index contributed by atoms with van der Waals surface area (Å²) in [4.78, 5) is 17.4. The van der Waals surface area contributed by atoms with Crippen LogP contribution in [-0.2, 0) is 4.79 Å². The van der Waals surface area contributed by atoms with Gasteiger partial charge >= 0.3 is 0 Å². The highest BCUT2D eigenvalue weighted by molar-refractivity contribution is 5.80. The number of hydrogen-bond acceptors (Lipinski definition) is 3. The average molecular weight is 188 g/mol. The third-order valence-electron chi connectivity index (χ3n) is 1.80. The monoisotopic (exact) mass is 188 g/mol. The Labute approximate surface area is 78.9 Å². The van der Waals surface area contributed by atoms with Gasteiger partial charge in [0.2, 0.25) is 6.08 Å². The van der Waals surface area contributed by atoms with Crippen molar-refractivity contribution in [3.05, 3.63) is 36.1 Å². The first-order valence-corrected chi connectivity index (χ1v) is 3.94. The van der Waals surface area contributed by atoms with E-state index in [2.05, 4.69) is 9.98 Å². The molecule has 2 aromatic rings. The van der Waals surface area contributed by atoms with Crippen LogP contribution in [0.15, 0.2) is 35.3 Å². The molecule has 2 rings (SSSR count). The number of rotatable bonds is 1. The lowest BCUT2D eigenvalue weighted by Gasteiger charge is -1.96. The summed E-state index contributed by atoms with van der Waals surface area (Å²) >= 11 is 0. The van der Waals surface area contributed by atoms with Gasteiger partial charge in [-0.2, -0.15) is 0 Å². The minimum absolute atomic E-state index is 0.277. The molecular formula is C10H5FN2O. The zero-order chi connectivity index (χ0) is 9.97. The van der Waals surface area contributed by atoms with Crippen LogP contribution in [0.3, 0.4) is 0 Å². The van der Waals surface area contributed by atoms with Gasteiger partial charge < -0.3 is 0 Å². The van der Waals surface area contributed by atoms with Crippen LogP contribution >= 0.6 is 0 Å². The van der Waals surface area contributed by atoms with Gasteiger partial charge in [0.15, 0.2) is 5.82 Å². The summed E-state index contributed by atoms with van der Waals surface area (Å²) in [7, 11) is 0. The minimum atomic E-state index is -0.314. The molecule has 4 heteroatoms. The van der Waals surface area contributed by atoms with Gasteiger partial charge in [-0.3, -0.25) is 0 Å². The van der Waals surface area contributed by atoms with E-state index in [0.29, 0.717) is 10.9 Å². The molecule has 0 fully saturated rings. The molecule has 0 spiro atoms. The van der Waals surface area contributed by atoms with Crippen molar-refractivity contribution >= 4 is 22.8 Å². The van der Waals surface area contributed by atoms with Crippen LogP contribution in [0, 0.1) is 5.82 Å². The standard InChI is InChI=1S/C10H5FN2O/c11-8-2-3-9-7(5-8)1-4-10(13-9)12-6-14/h1-5H. The number of isocyanates is 1. The Hall–Kier alpha value is -2.06. The Morgan fingerprint density at radius 1 is 1.29 bits per heavy atom. The molecule has 0 aliphatic rings. The number of aromatic nitrogens is 1. The molecule has 68 valence electrons. The molecular weight excluding hydrogens is 183 g/mol. The van der Waals surface area contributed by atoms with Crippen molar-refractivity contribution in [1.29, 1.82) is 0 Å². The lowest BCUT2D eigenvalue weighted by atomic mass is 10.2. The summed E-state index contributed by atoms with van der Waals surface area (Å²) < 4.78 is 12.8. The Bertz CT molecular complexity index is 533. The second kappa shape index (κ2) is 3.36. The lowest BCUT2D eigenvalue weighted by molar-refractivity contribution is 0.565. The van der Waals surface area contributed by atoms with Crippen LogP contribution in [-0.4, -0.2) is 11.1 Å². The summed E-state index contributed by atoms with van der Waals surface area (Å²) in [6, 6.07) is 7.41. The van der Waals surface area contributed by atoms with Crippen LogP contribution < -0.4 is 0 Å². The molecule has 0 atom stereocenters. The summed E-state index contributed by atoms with van der Waals surface area (Å²) in [6.07, 6.45) is 1.40. The van der Waals surface area contributed by atoms with Crippen LogP contribution in [0.1, 0.15) is 0 Å². The van der Waals surface area contributed by atoms with Crippen LogP contribution in [0.4, 0.5) is 10.2 Å². The molecule has 3 nitrogen and oxygen atoms in total. The van der Waals surface area contributed by atoms with Crippen molar-refractivity contribution in [1.82, 2.24) is 4.98 Å². The number of benzene rings is 1. The second-order valence-corrected chi connectivity index (χ2v) is 2.71. The SMILES string of the molecule is O=C=Nc1ccc2cc(F)ccc2n1. The fourth-order valence-electron chi connectivity index (χ4n) is 1.19. The van der Waals surface area contributed by atoms with E-state index in [1.165, 1.54) is 30.3 Å². The molecule has 0 amide bonds. The predicted octanol–water partition coefficient (Wildman–Crippen LogP) is 2.34. The average Bonchev–Trinajstić information content (AvgIpc) is 2.19. The first kappa shape index (κ1) is 8.53. The highest BCUT2D eigenvalue weighted by Gasteiger charge is 1.98. The Morgan fingerprint density at radius 3 is 2.93 bits per heavy atom. The highest BCUT2D eigenvalue weighted by atomic mass is 19.1. The zero-order valence-electron chi connectivity index (χ0n) is 7.07. The zero-order valence-corrected chi connectivity index (χ0v) is 7.07. The number of pyridine rings is 1. The van der Waals surface area contributed by atoms with Gasteiger partial charge in [0.25, 0.3) is 0 Å². The van der Waals surface area contributed by atoms with E-state index in [9.17, 15) is 9.18 Å². The van der Waals surface area contributed by atoms with Crippen molar-refractivity contribution in [2.45, 2.75) is 0 Å². The quantitative estimate of drug-likeness (QED) is 0.509. The Kier molecular flexibility index (Phi) is 2.05. The fraction of sp³-hybridized carbons (Fsp3) is 0. The predicted molar refractivity (Wildman–Crippen MR) is 49.5 cm³/mol. The highest BCUT2D eigenvalue weighted by Crippen LogP contribution is 2.17. The maximum atomic E-state index is 12.8. The number of aliphatic imine (C=N–C) groups is 1. The van der Waals surface area contributed by atoms with E-state index in [-0.39, 0.29) is 11.6 Å². The van der Waals surface area contributed by atoms with E-state index >= 15 is 0 Å². The van der Waals surface area contributed by atoms with E-state index < -0.39 is 0 Å². The van der Waals surface area contributed by atoms with Gasteiger partial charge in [0.05, 0.1) is 5.52 Å². The number of carbonyl (C=O) groups excluding carboxylic acids is 1. The van der Waals surface area contributed by atoms with Gasteiger partial charge in [0, 0.05) is 5.39 Å². The molecule has 0 aliphatic carbocycles. The number of halogens is 1. The van der Waals surface area contributed by atoms with Crippen LogP contribution in [0.5, 0.6) is 0 Å². The smallest absolute Gasteiger partial charge is 0.228 e. The van der Waals surface area contributed by atoms with E-state index in [0.717, 1.165) is 0 Å². The molecule has 0 bridgehead atoms. The third kappa shape index (κ3) is 1.51. The van der Waals surface area contributed by atoms with Gasteiger partial charge in [-0.1, -0.05) is 0 Å². The normalized spacial score (nSPS) is 9.79. The number of nitrogens with zero attached hydrogens (tertiary/aromatic N) is 2. The van der Waals surface area contributed by atoms with Crippen LogP contribution in [0.2, 0.25) is 0 Å². The van der Waals surface area contributed by atoms with Gasteiger partial charge in [-0.05, 0) is 30.3 Å². The summed E-state index contributed by atoms with van der Waals surface area (Å²) in [5.74, 6) is -0.0370. The first-order valence-electron chi connectivity index (χ1n) is 3.94. The van der Waals surface area contributed by atoms with E-state index in [1.807, 2.05) is 0 Å². The molecule has 0 saturated carbocycles. The second-order valence-electron chi connectivity index (χ2n) is 2.71. The summed E-state index contributed by atoms with van der Waals surface area (Å²) in [5.41, 5.74) is 0.600. The van der Waals surface area contributed by atoms with Gasteiger partial charge in [-0.15, -0.1) is 4.99 Å².